The highest BCUT2D eigenvalue weighted by Crippen LogP contribution is 2.32. The average molecular weight is 548 g/mol. The second kappa shape index (κ2) is 10.9. The molecule has 0 aliphatic heterocycles. The fraction of sp³-hybridized carbons (Fsp3) is 0.409. The van der Waals surface area contributed by atoms with Crippen LogP contribution in [0.2, 0.25) is 0 Å². The second-order valence-electron chi connectivity index (χ2n) is 8.32. The number of carbonyl (C=O) groups excluding carboxylic acids is 1. The number of benzene rings is 1. The monoisotopic (exact) mass is 547 g/mol. The van der Waals surface area contributed by atoms with Gasteiger partial charge in [0.15, 0.2) is 5.69 Å². The molecule has 1 unspecified atom stereocenters. The van der Waals surface area contributed by atoms with E-state index in [9.17, 15) is 30.8 Å². The molecule has 3 aromatic rings. The van der Waals surface area contributed by atoms with Crippen LogP contribution in [0.15, 0.2) is 36.7 Å². The lowest BCUT2D eigenvalue weighted by molar-refractivity contribution is -0.141. The average Bonchev–Trinajstić information content (AvgIpc) is 3.34. The zero-order valence-corrected chi connectivity index (χ0v) is 21.1. The number of nitrogens with zero attached hydrogens (tertiary/aromatic N) is 4. The zero-order chi connectivity index (χ0) is 27.5. The summed E-state index contributed by atoms with van der Waals surface area (Å²) in [7, 11) is -3.86. The number of nitrogens with one attached hydrogen (secondary N) is 1. The molecule has 202 valence electrons. The molecule has 2 heterocycles. The van der Waals surface area contributed by atoms with Crippen molar-refractivity contribution in [1.82, 2.24) is 19.3 Å². The summed E-state index contributed by atoms with van der Waals surface area (Å²) in [5, 5.41) is 6.77. The summed E-state index contributed by atoms with van der Waals surface area (Å²) in [6.07, 6.45) is -2.66. The van der Waals surface area contributed by atoms with Gasteiger partial charge in [-0.1, -0.05) is 0 Å². The van der Waals surface area contributed by atoms with Crippen molar-refractivity contribution in [3.63, 3.8) is 0 Å². The van der Waals surface area contributed by atoms with Gasteiger partial charge in [-0.25, -0.2) is 9.37 Å². The summed E-state index contributed by atoms with van der Waals surface area (Å²) in [5.74, 6) is -1.28. The number of carbonyl (C=O) groups is 1. The van der Waals surface area contributed by atoms with Gasteiger partial charge in [0, 0.05) is 12.6 Å². The van der Waals surface area contributed by atoms with Gasteiger partial charge in [-0.3, -0.25) is 8.98 Å². The van der Waals surface area contributed by atoms with Crippen LogP contribution in [0.1, 0.15) is 37.8 Å². The van der Waals surface area contributed by atoms with Crippen molar-refractivity contribution >= 4 is 21.7 Å². The summed E-state index contributed by atoms with van der Waals surface area (Å²) in [6.45, 7) is 4.27. The van der Waals surface area contributed by atoms with Crippen LogP contribution in [0.5, 0.6) is 5.88 Å². The topological polar surface area (TPSA) is 117 Å². The molecule has 37 heavy (non-hydrogen) atoms. The Morgan fingerprint density at radius 3 is 2.38 bits per heavy atom. The third-order valence-corrected chi connectivity index (χ3v) is 5.53. The highest BCUT2D eigenvalue weighted by Gasteiger charge is 2.36. The number of halogens is 4. The lowest BCUT2D eigenvalue weighted by Crippen LogP contribution is -2.28. The molecule has 3 rings (SSSR count). The molecule has 1 amide bonds. The SMILES string of the molecule is Cc1nc(C(F)(F)F)cn1C(CCOS(C)(=O)=O)C(=O)Nc1cnn(-c2ccc(F)cc2)c1OC(C)C. The van der Waals surface area contributed by atoms with E-state index in [1.807, 2.05) is 0 Å². The normalized spacial score (nSPS) is 13.1. The van der Waals surface area contributed by atoms with Crippen LogP contribution < -0.4 is 10.1 Å². The molecule has 1 aromatic carbocycles. The van der Waals surface area contributed by atoms with Crippen LogP contribution in [-0.2, 0) is 25.3 Å². The van der Waals surface area contributed by atoms with Gasteiger partial charge in [-0.15, -0.1) is 0 Å². The van der Waals surface area contributed by atoms with Gasteiger partial charge in [0.1, 0.15) is 23.4 Å². The van der Waals surface area contributed by atoms with E-state index in [0.29, 0.717) is 11.9 Å². The van der Waals surface area contributed by atoms with Crippen molar-refractivity contribution in [1.29, 1.82) is 0 Å². The second-order valence-corrected chi connectivity index (χ2v) is 9.96. The Labute approximate surface area is 210 Å². The van der Waals surface area contributed by atoms with E-state index in [0.717, 1.165) is 10.8 Å². The van der Waals surface area contributed by atoms with Crippen molar-refractivity contribution in [2.75, 3.05) is 18.2 Å². The van der Waals surface area contributed by atoms with Gasteiger partial charge in [0.2, 0.25) is 11.8 Å². The third-order valence-electron chi connectivity index (χ3n) is 4.94. The van der Waals surface area contributed by atoms with E-state index in [4.69, 9.17) is 8.92 Å². The molecule has 0 fully saturated rings. The summed E-state index contributed by atoms with van der Waals surface area (Å²) >= 11 is 0. The van der Waals surface area contributed by atoms with Crippen LogP contribution in [0.3, 0.4) is 0 Å². The third kappa shape index (κ3) is 7.29. The first-order valence-electron chi connectivity index (χ1n) is 10.9. The summed E-state index contributed by atoms with van der Waals surface area (Å²) in [4.78, 5) is 16.8. The van der Waals surface area contributed by atoms with E-state index in [2.05, 4.69) is 15.4 Å². The van der Waals surface area contributed by atoms with Gasteiger partial charge in [0.05, 0.1) is 30.9 Å². The molecule has 10 nitrogen and oxygen atoms in total. The highest BCUT2D eigenvalue weighted by atomic mass is 32.2. The lowest BCUT2D eigenvalue weighted by atomic mass is 10.2. The molecular weight excluding hydrogens is 522 g/mol. The maximum Gasteiger partial charge on any atom is 0.434 e. The molecule has 0 saturated carbocycles. The fourth-order valence-electron chi connectivity index (χ4n) is 3.39. The number of amides is 1. The Morgan fingerprint density at radius 1 is 1.19 bits per heavy atom. The van der Waals surface area contributed by atoms with Crippen LogP contribution in [-0.4, -0.2) is 52.6 Å². The minimum Gasteiger partial charge on any atom is -0.473 e. The Bertz CT molecular complexity index is 1350. The van der Waals surface area contributed by atoms with Crippen LogP contribution >= 0.6 is 0 Å². The van der Waals surface area contributed by atoms with E-state index < -0.39 is 46.4 Å². The van der Waals surface area contributed by atoms with Gasteiger partial charge in [-0.05, 0) is 45.0 Å². The summed E-state index contributed by atoms with van der Waals surface area (Å²) in [5.41, 5.74) is -0.693. The standard InChI is InChI=1S/C22H25F4N5O5S/c1-13(2)36-21-17(11-27-31(21)16-7-5-15(23)6-8-16)29-20(32)18(9-10-35-37(4,33)34)30-12-19(22(24,25)26)28-14(30)3/h5-8,11-13,18H,9-10H2,1-4H3,(H,29,32). The number of ether oxygens (including phenoxy) is 1. The first kappa shape index (κ1) is 28.1. The lowest BCUT2D eigenvalue weighted by Gasteiger charge is -2.20. The molecule has 0 saturated heterocycles. The Hall–Kier alpha value is -3.46. The van der Waals surface area contributed by atoms with Crippen LogP contribution in [0.25, 0.3) is 5.69 Å². The number of imidazole rings is 1. The van der Waals surface area contributed by atoms with Crippen molar-refractivity contribution in [2.45, 2.75) is 45.5 Å². The van der Waals surface area contributed by atoms with Crippen molar-refractivity contribution < 1.29 is 39.7 Å². The quantitative estimate of drug-likeness (QED) is 0.303. The predicted octanol–water partition coefficient (Wildman–Crippen LogP) is 3.87. The molecule has 0 aliphatic carbocycles. The highest BCUT2D eigenvalue weighted by molar-refractivity contribution is 7.85. The Morgan fingerprint density at radius 2 is 1.84 bits per heavy atom. The van der Waals surface area contributed by atoms with Crippen molar-refractivity contribution in [3.8, 4) is 11.6 Å². The molecule has 0 spiro atoms. The van der Waals surface area contributed by atoms with Crippen LogP contribution in [0, 0.1) is 12.7 Å². The summed E-state index contributed by atoms with van der Waals surface area (Å²) in [6, 6.07) is 3.99. The number of aryl methyl sites for hydroxylation is 1. The number of rotatable bonds is 10. The minimum atomic E-state index is -4.76. The largest absolute Gasteiger partial charge is 0.473 e. The van der Waals surface area contributed by atoms with E-state index in [1.54, 1.807) is 13.8 Å². The molecule has 15 heteroatoms. The molecule has 2 aromatic heterocycles. The van der Waals surface area contributed by atoms with Crippen LogP contribution in [0.4, 0.5) is 23.2 Å². The molecular formula is C22H25F4N5O5S. The number of anilines is 1. The van der Waals surface area contributed by atoms with Crippen molar-refractivity contribution in [2.24, 2.45) is 0 Å². The van der Waals surface area contributed by atoms with Crippen molar-refractivity contribution in [3.05, 3.63) is 54.0 Å². The maximum atomic E-state index is 13.4. The first-order valence-corrected chi connectivity index (χ1v) is 12.8. The number of hydrogen-bond donors (Lipinski definition) is 1. The van der Waals surface area contributed by atoms with E-state index >= 15 is 0 Å². The summed E-state index contributed by atoms with van der Waals surface area (Å²) < 4.78 is 88.7. The number of alkyl halides is 3. The molecule has 0 aliphatic rings. The van der Waals surface area contributed by atoms with Gasteiger partial charge in [-0.2, -0.15) is 31.4 Å². The molecule has 0 bridgehead atoms. The Balaban J connectivity index is 1.97. The molecule has 1 N–H and O–H groups in total. The number of aromatic nitrogens is 4. The van der Waals surface area contributed by atoms with E-state index in [-0.39, 0.29) is 29.9 Å². The molecule has 1 atom stereocenters. The van der Waals surface area contributed by atoms with Gasteiger partial charge < -0.3 is 14.6 Å². The predicted molar refractivity (Wildman–Crippen MR) is 124 cm³/mol. The smallest absolute Gasteiger partial charge is 0.434 e. The van der Waals surface area contributed by atoms with Gasteiger partial charge >= 0.3 is 6.18 Å². The number of hydrogen-bond acceptors (Lipinski definition) is 7. The first-order chi connectivity index (χ1) is 17.2. The maximum absolute atomic E-state index is 13.4. The van der Waals surface area contributed by atoms with E-state index in [1.165, 1.54) is 42.1 Å². The zero-order valence-electron chi connectivity index (χ0n) is 20.3. The molecule has 0 radical (unpaired) electrons. The van der Waals surface area contributed by atoms with Gasteiger partial charge in [0.25, 0.3) is 10.1 Å². The fourth-order valence-corrected chi connectivity index (χ4v) is 3.79. The minimum absolute atomic E-state index is 0.0888. The Kier molecular flexibility index (Phi) is 8.27.